The van der Waals surface area contributed by atoms with Gasteiger partial charge in [0.25, 0.3) is 0 Å². The SMILES string of the molecule is Cc1ccc([C@H](O)C(C)(C)C(=O)O)cc1. The van der Waals surface area contributed by atoms with Crippen LogP contribution in [0, 0.1) is 12.3 Å². The standard InChI is InChI=1S/C12H16O3/c1-8-4-6-9(7-5-8)10(13)12(2,3)11(14)15/h4-7,10,13H,1-3H3,(H,14,15)/t10-/m0/s1. The lowest BCUT2D eigenvalue weighted by Crippen LogP contribution is -2.31. The number of carbonyl (C=O) groups is 1. The molecule has 0 amide bonds. The van der Waals surface area contributed by atoms with Gasteiger partial charge in [-0.1, -0.05) is 29.8 Å². The highest BCUT2D eigenvalue weighted by Gasteiger charge is 2.36. The van der Waals surface area contributed by atoms with Gasteiger partial charge in [-0.15, -0.1) is 0 Å². The Bertz CT molecular complexity index is 352. The Morgan fingerprint density at radius 1 is 1.27 bits per heavy atom. The number of aliphatic hydroxyl groups excluding tert-OH is 1. The van der Waals surface area contributed by atoms with E-state index in [0.29, 0.717) is 5.56 Å². The Kier molecular flexibility index (Phi) is 3.15. The molecule has 0 bridgehead atoms. The monoisotopic (exact) mass is 208 g/mol. The number of rotatable bonds is 3. The fourth-order valence-corrected chi connectivity index (χ4v) is 1.28. The van der Waals surface area contributed by atoms with Gasteiger partial charge in [0.05, 0.1) is 11.5 Å². The topological polar surface area (TPSA) is 57.5 Å². The number of aliphatic carboxylic acids is 1. The van der Waals surface area contributed by atoms with Gasteiger partial charge in [-0.3, -0.25) is 4.79 Å². The first-order chi connectivity index (χ1) is 6.85. The Labute approximate surface area is 89.4 Å². The summed E-state index contributed by atoms with van der Waals surface area (Å²) in [5.41, 5.74) is 0.544. The maximum Gasteiger partial charge on any atom is 0.312 e. The Hall–Kier alpha value is -1.35. The molecule has 0 fully saturated rings. The number of hydrogen-bond donors (Lipinski definition) is 2. The quantitative estimate of drug-likeness (QED) is 0.800. The summed E-state index contributed by atoms with van der Waals surface area (Å²) in [6.45, 7) is 4.97. The molecule has 0 aliphatic heterocycles. The van der Waals surface area contributed by atoms with E-state index in [4.69, 9.17) is 5.11 Å². The van der Waals surface area contributed by atoms with Crippen molar-refractivity contribution in [3.63, 3.8) is 0 Å². The van der Waals surface area contributed by atoms with Crippen LogP contribution in [0.25, 0.3) is 0 Å². The van der Waals surface area contributed by atoms with Gasteiger partial charge >= 0.3 is 5.97 Å². The molecule has 1 aromatic carbocycles. The van der Waals surface area contributed by atoms with Gasteiger partial charge < -0.3 is 10.2 Å². The maximum absolute atomic E-state index is 10.9. The fraction of sp³-hybridized carbons (Fsp3) is 0.417. The van der Waals surface area contributed by atoms with E-state index in [0.717, 1.165) is 5.56 Å². The average Bonchev–Trinajstić information content (AvgIpc) is 2.17. The van der Waals surface area contributed by atoms with E-state index in [1.54, 1.807) is 12.1 Å². The van der Waals surface area contributed by atoms with Crippen LogP contribution in [0.1, 0.15) is 31.1 Å². The van der Waals surface area contributed by atoms with Gasteiger partial charge in [0.2, 0.25) is 0 Å². The largest absolute Gasteiger partial charge is 0.481 e. The molecule has 0 aliphatic rings. The number of benzene rings is 1. The van der Waals surface area contributed by atoms with Crippen LogP contribution >= 0.6 is 0 Å². The van der Waals surface area contributed by atoms with E-state index in [9.17, 15) is 9.90 Å². The van der Waals surface area contributed by atoms with E-state index in [1.807, 2.05) is 19.1 Å². The van der Waals surface area contributed by atoms with Crippen molar-refractivity contribution >= 4 is 5.97 Å². The summed E-state index contributed by atoms with van der Waals surface area (Å²) in [6, 6.07) is 7.22. The summed E-state index contributed by atoms with van der Waals surface area (Å²) in [4.78, 5) is 10.9. The highest BCUT2D eigenvalue weighted by molar-refractivity contribution is 5.74. The van der Waals surface area contributed by atoms with Crippen LogP contribution in [-0.4, -0.2) is 16.2 Å². The van der Waals surface area contributed by atoms with Crippen molar-refractivity contribution in [2.75, 3.05) is 0 Å². The molecule has 0 unspecified atom stereocenters. The van der Waals surface area contributed by atoms with E-state index < -0.39 is 17.5 Å². The molecule has 0 spiro atoms. The average molecular weight is 208 g/mol. The van der Waals surface area contributed by atoms with Crippen molar-refractivity contribution in [3.05, 3.63) is 35.4 Å². The van der Waals surface area contributed by atoms with Gasteiger partial charge in [0.15, 0.2) is 0 Å². The number of carboxylic acids is 1. The predicted octanol–water partition coefficient (Wildman–Crippen LogP) is 2.14. The van der Waals surface area contributed by atoms with Gasteiger partial charge in [0, 0.05) is 0 Å². The molecule has 0 saturated heterocycles. The molecule has 1 rings (SSSR count). The molecular weight excluding hydrogens is 192 g/mol. The minimum Gasteiger partial charge on any atom is -0.481 e. The highest BCUT2D eigenvalue weighted by atomic mass is 16.4. The molecule has 0 aliphatic carbocycles. The smallest absolute Gasteiger partial charge is 0.312 e. The van der Waals surface area contributed by atoms with Crippen LogP contribution in [-0.2, 0) is 4.79 Å². The van der Waals surface area contributed by atoms with Gasteiger partial charge in [-0.05, 0) is 26.3 Å². The minimum atomic E-state index is -1.17. The predicted molar refractivity (Wildman–Crippen MR) is 57.6 cm³/mol. The molecule has 0 saturated carbocycles. The van der Waals surface area contributed by atoms with Crippen LogP contribution in [0.5, 0.6) is 0 Å². The van der Waals surface area contributed by atoms with E-state index in [1.165, 1.54) is 13.8 Å². The third kappa shape index (κ3) is 2.36. The second-order valence-corrected chi connectivity index (χ2v) is 4.34. The van der Waals surface area contributed by atoms with Crippen LogP contribution in [0.3, 0.4) is 0 Å². The summed E-state index contributed by atoms with van der Waals surface area (Å²) < 4.78 is 0. The second kappa shape index (κ2) is 4.03. The van der Waals surface area contributed by atoms with Gasteiger partial charge in [-0.2, -0.15) is 0 Å². The summed E-state index contributed by atoms with van der Waals surface area (Å²) >= 11 is 0. The van der Waals surface area contributed by atoms with Gasteiger partial charge in [-0.25, -0.2) is 0 Å². The lowest BCUT2D eigenvalue weighted by atomic mass is 9.82. The Balaban J connectivity index is 2.99. The summed E-state index contributed by atoms with van der Waals surface area (Å²) in [6.07, 6.45) is -0.990. The molecule has 15 heavy (non-hydrogen) atoms. The molecule has 3 heteroatoms. The molecule has 3 nitrogen and oxygen atoms in total. The molecule has 2 N–H and O–H groups in total. The van der Waals surface area contributed by atoms with Crippen molar-refractivity contribution < 1.29 is 15.0 Å². The van der Waals surface area contributed by atoms with Crippen LogP contribution in [0.4, 0.5) is 0 Å². The fourth-order valence-electron chi connectivity index (χ4n) is 1.28. The lowest BCUT2D eigenvalue weighted by Gasteiger charge is -2.26. The van der Waals surface area contributed by atoms with Crippen molar-refractivity contribution in [1.82, 2.24) is 0 Å². The first-order valence-electron chi connectivity index (χ1n) is 4.83. The molecule has 1 aromatic rings. The summed E-state index contributed by atoms with van der Waals surface area (Å²) in [7, 11) is 0. The third-order valence-electron chi connectivity index (χ3n) is 2.63. The second-order valence-electron chi connectivity index (χ2n) is 4.34. The molecule has 0 radical (unpaired) electrons. The zero-order chi connectivity index (χ0) is 11.6. The number of hydrogen-bond acceptors (Lipinski definition) is 2. The van der Waals surface area contributed by atoms with Crippen molar-refractivity contribution in [1.29, 1.82) is 0 Å². The van der Waals surface area contributed by atoms with Crippen LogP contribution in [0.15, 0.2) is 24.3 Å². The minimum absolute atomic E-state index is 0.632. The van der Waals surface area contributed by atoms with Crippen LogP contribution < -0.4 is 0 Å². The zero-order valence-corrected chi connectivity index (χ0v) is 9.19. The summed E-state index contributed by atoms with van der Waals surface area (Å²) in [5, 5.41) is 18.9. The first kappa shape index (κ1) is 11.7. The zero-order valence-electron chi connectivity index (χ0n) is 9.19. The van der Waals surface area contributed by atoms with E-state index in [2.05, 4.69) is 0 Å². The van der Waals surface area contributed by atoms with Gasteiger partial charge in [0.1, 0.15) is 0 Å². The molecule has 0 aromatic heterocycles. The molecule has 82 valence electrons. The Morgan fingerprint density at radius 3 is 2.13 bits per heavy atom. The van der Waals surface area contributed by atoms with Crippen LogP contribution in [0.2, 0.25) is 0 Å². The highest BCUT2D eigenvalue weighted by Crippen LogP contribution is 2.33. The lowest BCUT2D eigenvalue weighted by molar-refractivity contribution is -0.153. The number of aryl methyl sites for hydroxylation is 1. The number of aliphatic hydroxyl groups is 1. The molecule has 0 heterocycles. The van der Waals surface area contributed by atoms with Crippen molar-refractivity contribution in [2.24, 2.45) is 5.41 Å². The first-order valence-corrected chi connectivity index (χ1v) is 4.83. The Morgan fingerprint density at radius 2 is 1.73 bits per heavy atom. The molecular formula is C12H16O3. The number of carboxylic acid groups (broad SMARTS) is 1. The van der Waals surface area contributed by atoms with E-state index >= 15 is 0 Å². The third-order valence-corrected chi connectivity index (χ3v) is 2.63. The summed E-state index contributed by atoms with van der Waals surface area (Å²) in [5.74, 6) is -1.00. The normalized spacial score (nSPS) is 13.6. The molecule has 1 atom stereocenters. The van der Waals surface area contributed by atoms with E-state index in [-0.39, 0.29) is 0 Å². The maximum atomic E-state index is 10.9. The van der Waals surface area contributed by atoms with Crippen molar-refractivity contribution in [3.8, 4) is 0 Å². The van der Waals surface area contributed by atoms with Crippen molar-refractivity contribution in [2.45, 2.75) is 26.9 Å².